The zero-order valence-corrected chi connectivity index (χ0v) is 14.0. The first kappa shape index (κ1) is 18.6. The van der Waals surface area contributed by atoms with Gasteiger partial charge in [-0.1, -0.05) is 32.6 Å². The van der Waals surface area contributed by atoms with Gasteiger partial charge in [-0.3, -0.25) is 4.79 Å². The van der Waals surface area contributed by atoms with E-state index in [1.807, 2.05) is 0 Å². The van der Waals surface area contributed by atoms with Crippen LogP contribution < -0.4 is 9.47 Å². The zero-order valence-electron chi connectivity index (χ0n) is 14.0. The molecule has 0 aromatic carbocycles. The summed E-state index contributed by atoms with van der Waals surface area (Å²) in [4.78, 5) is 15.9. The van der Waals surface area contributed by atoms with E-state index in [0.717, 1.165) is 31.6 Å². The molecule has 1 heterocycles. The van der Waals surface area contributed by atoms with Crippen molar-refractivity contribution in [2.24, 2.45) is 11.8 Å². The first-order valence-corrected chi connectivity index (χ1v) is 8.71. The summed E-state index contributed by atoms with van der Waals surface area (Å²) in [7, 11) is 0. The van der Waals surface area contributed by atoms with Crippen LogP contribution in [0.1, 0.15) is 58.3 Å². The molecule has 1 saturated carbocycles. The minimum absolute atomic E-state index is 0.0792. The molecule has 1 aliphatic carbocycles. The van der Waals surface area contributed by atoms with E-state index in [9.17, 15) is 13.6 Å². The number of hydrogen-bond donors (Lipinski definition) is 0. The van der Waals surface area contributed by atoms with E-state index in [1.165, 1.54) is 44.0 Å². The molecule has 0 amide bonds. The second-order valence-electron chi connectivity index (χ2n) is 6.35. The second-order valence-corrected chi connectivity index (χ2v) is 6.35. The van der Waals surface area contributed by atoms with Crippen LogP contribution >= 0.6 is 0 Å². The third-order valence-electron chi connectivity index (χ3n) is 4.53. The Hall–Kier alpha value is -1.72. The lowest BCUT2D eigenvalue weighted by atomic mass is 9.80. The highest BCUT2D eigenvalue weighted by Gasteiger charge is 2.27. The number of halogens is 2. The molecule has 4 nitrogen and oxygen atoms in total. The summed E-state index contributed by atoms with van der Waals surface area (Å²) in [6.07, 6.45) is 10.1. The normalized spacial score (nSPS) is 20.8. The van der Waals surface area contributed by atoms with Crippen molar-refractivity contribution in [2.75, 3.05) is 0 Å². The number of esters is 1. The first-order valence-electron chi connectivity index (χ1n) is 8.71. The maximum absolute atomic E-state index is 12.2. The van der Waals surface area contributed by atoms with E-state index in [-0.39, 0.29) is 23.5 Å². The quantitative estimate of drug-likeness (QED) is 0.494. The van der Waals surface area contributed by atoms with E-state index in [4.69, 9.17) is 4.74 Å². The molecule has 1 aromatic heterocycles. The fraction of sp³-hybridized carbons (Fsp3) is 0.667. The fourth-order valence-electron chi connectivity index (χ4n) is 3.16. The van der Waals surface area contributed by atoms with Gasteiger partial charge in [0.25, 0.3) is 0 Å². The standard InChI is InChI=1S/C18H25F2NO3/c1-2-3-4-5-13-6-8-14(9-7-13)17(22)23-15-10-11-16(21-12-15)24-18(19)20/h10-14,18H,2-9H2,1H3. The number of carbonyl (C=O) groups excluding carboxylic acids is 1. The summed E-state index contributed by atoms with van der Waals surface area (Å²) >= 11 is 0. The lowest BCUT2D eigenvalue weighted by molar-refractivity contribution is -0.140. The molecule has 0 atom stereocenters. The molecule has 134 valence electrons. The van der Waals surface area contributed by atoms with E-state index >= 15 is 0 Å². The molecule has 0 spiro atoms. The van der Waals surface area contributed by atoms with Gasteiger partial charge in [-0.2, -0.15) is 8.78 Å². The van der Waals surface area contributed by atoms with E-state index in [0.29, 0.717) is 0 Å². The molecule has 0 aliphatic heterocycles. The molecular formula is C18H25F2NO3. The van der Waals surface area contributed by atoms with E-state index in [2.05, 4.69) is 16.6 Å². The Balaban J connectivity index is 1.75. The van der Waals surface area contributed by atoms with Gasteiger partial charge in [-0.15, -0.1) is 0 Å². The van der Waals surface area contributed by atoms with Crippen LogP contribution in [0.25, 0.3) is 0 Å². The average Bonchev–Trinajstić information content (AvgIpc) is 2.57. The number of aromatic nitrogens is 1. The highest BCUT2D eigenvalue weighted by atomic mass is 19.3. The predicted octanol–water partition coefficient (Wildman–Crippen LogP) is 4.98. The van der Waals surface area contributed by atoms with Crippen LogP contribution in [0.15, 0.2) is 18.3 Å². The van der Waals surface area contributed by atoms with Crippen molar-refractivity contribution in [3.05, 3.63) is 18.3 Å². The Labute approximate surface area is 141 Å². The predicted molar refractivity (Wildman–Crippen MR) is 86.1 cm³/mol. The smallest absolute Gasteiger partial charge is 0.388 e. The molecule has 0 unspecified atom stereocenters. The summed E-state index contributed by atoms with van der Waals surface area (Å²) in [5, 5.41) is 0. The van der Waals surface area contributed by atoms with Gasteiger partial charge in [-0.05, 0) is 37.7 Å². The molecule has 1 aliphatic rings. The lowest BCUT2D eigenvalue weighted by Gasteiger charge is -2.27. The number of ether oxygens (including phenoxy) is 2. The largest absolute Gasteiger partial charge is 0.425 e. The first-order chi connectivity index (χ1) is 11.6. The van der Waals surface area contributed by atoms with Crippen LogP contribution in [0.2, 0.25) is 0 Å². The van der Waals surface area contributed by atoms with Crippen LogP contribution in [-0.4, -0.2) is 17.6 Å². The molecule has 1 fully saturated rings. The number of hydrogen-bond acceptors (Lipinski definition) is 4. The summed E-state index contributed by atoms with van der Waals surface area (Å²) in [6.45, 7) is -0.716. The van der Waals surface area contributed by atoms with Crippen molar-refractivity contribution < 1.29 is 23.0 Å². The molecule has 6 heteroatoms. The van der Waals surface area contributed by atoms with Gasteiger partial charge in [0.05, 0.1) is 12.1 Å². The number of rotatable bonds is 8. The van der Waals surface area contributed by atoms with Crippen LogP contribution in [0, 0.1) is 11.8 Å². The van der Waals surface area contributed by atoms with E-state index in [1.54, 1.807) is 0 Å². The van der Waals surface area contributed by atoms with Crippen LogP contribution in [0.4, 0.5) is 8.78 Å². The summed E-state index contributed by atoms with van der Waals surface area (Å²) in [5.74, 6) is 0.452. The fourth-order valence-corrected chi connectivity index (χ4v) is 3.16. The van der Waals surface area contributed by atoms with Crippen molar-refractivity contribution in [1.82, 2.24) is 4.98 Å². The molecule has 1 aromatic rings. The zero-order chi connectivity index (χ0) is 17.4. The van der Waals surface area contributed by atoms with Gasteiger partial charge in [-0.25, -0.2) is 4.98 Å². The molecule has 0 bridgehead atoms. The lowest BCUT2D eigenvalue weighted by Crippen LogP contribution is -2.25. The number of carbonyl (C=O) groups is 1. The maximum Gasteiger partial charge on any atom is 0.388 e. The van der Waals surface area contributed by atoms with Gasteiger partial charge in [0.15, 0.2) is 0 Å². The molecule has 24 heavy (non-hydrogen) atoms. The van der Waals surface area contributed by atoms with Crippen LogP contribution in [0.3, 0.4) is 0 Å². The van der Waals surface area contributed by atoms with Gasteiger partial charge in [0.2, 0.25) is 5.88 Å². The molecular weight excluding hydrogens is 316 g/mol. The number of alkyl halides is 2. The highest BCUT2D eigenvalue weighted by molar-refractivity contribution is 5.75. The van der Waals surface area contributed by atoms with Gasteiger partial charge in [0.1, 0.15) is 5.75 Å². The summed E-state index contributed by atoms with van der Waals surface area (Å²) in [5.41, 5.74) is 0. The third-order valence-corrected chi connectivity index (χ3v) is 4.53. The average molecular weight is 341 g/mol. The molecule has 0 radical (unpaired) electrons. The topological polar surface area (TPSA) is 48.4 Å². The van der Waals surface area contributed by atoms with Gasteiger partial charge in [0, 0.05) is 6.07 Å². The number of unbranched alkanes of at least 4 members (excludes halogenated alkanes) is 2. The Morgan fingerprint density at radius 1 is 1.25 bits per heavy atom. The van der Waals surface area contributed by atoms with Crippen molar-refractivity contribution in [3.8, 4) is 11.6 Å². The maximum atomic E-state index is 12.2. The summed E-state index contributed by atoms with van der Waals surface area (Å²) in [6, 6.07) is 2.68. The summed E-state index contributed by atoms with van der Waals surface area (Å²) < 4.78 is 33.6. The molecule has 2 rings (SSSR count). The van der Waals surface area contributed by atoms with Crippen molar-refractivity contribution in [2.45, 2.75) is 64.9 Å². The minimum Gasteiger partial charge on any atom is -0.425 e. The third kappa shape index (κ3) is 6.06. The molecule has 0 saturated heterocycles. The minimum atomic E-state index is -2.92. The van der Waals surface area contributed by atoms with Crippen LogP contribution in [0.5, 0.6) is 11.6 Å². The van der Waals surface area contributed by atoms with E-state index < -0.39 is 6.61 Å². The second kappa shape index (κ2) is 9.55. The SMILES string of the molecule is CCCCCC1CCC(C(=O)Oc2ccc(OC(F)F)nc2)CC1. The van der Waals surface area contributed by atoms with Crippen molar-refractivity contribution in [1.29, 1.82) is 0 Å². The van der Waals surface area contributed by atoms with Gasteiger partial charge < -0.3 is 9.47 Å². The van der Waals surface area contributed by atoms with Crippen molar-refractivity contribution >= 4 is 5.97 Å². The Bertz CT molecular complexity index is 499. The Morgan fingerprint density at radius 2 is 2.00 bits per heavy atom. The number of nitrogens with zero attached hydrogens (tertiary/aromatic N) is 1. The Morgan fingerprint density at radius 3 is 2.58 bits per heavy atom. The Kier molecular flexibility index (Phi) is 7.40. The van der Waals surface area contributed by atoms with Crippen molar-refractivity contribution in [3.63, 3.8) is 0 Å². The van der Waals surface area contributed by atoms with Crippen LogP contribution in [-0.2, 0) is 4.79 Å². The number of pyridine rings is 1. The van der Waals surface area contributed by atoms with Gasteiger partial charge >= 0.3 is 12.6 Å². The molecule has 0 N–H and O–H groups in total. The highest BCUT2D eigenvalue weighted by Crippen LogP contribution is 2.33. The monoisotopic (exact) mass is 341 g/mol.